The van der Waals surface area contributed by atoms with Crippen molar-refractivity contribution in [3.63, 3.8) is 0 Å². The van der Waals surface area contributed by atoms with Crippen LogP contribution in [0.25, 0.3) is 0 Å². The Hall–Kier alpha value is -0.870. The van der Waals surface area contributed by atoms with E-state index in [4.69, 9.17) is 5.73 Å². The summed E-state index contributed by atoms with van der Waals surface area (Å²) in [6.07, 6.45) is 2.53. The quantitative estimate of drug-likeness (QED) is 0.894. The number of amides is 1. The molecule has 4 heteroatoms. The molecule has 2 rings (SSSR count). The van der Waals surface area contributed by atoms with Crippen molar-refractivity contribution in [3.05, 3.63) is 21.9 Å². The van der Waals surface area contributed by atoms with E-state index in [0.29, 0.717) is 6.42 Å². The highest BCUT2D eigenvalue weighted by Crippen LogP contribution is 2.36. The molecule has 3 nitrogen and oxygen atoms in total. The molecular formula is C13H20N2OS. The van der Waals surface area contributed by atoms with Gasteiger partial charge in [-0.1, -0.05) is 13.8 Å². The van der Waals surface area contributed by atoms with E-state index in [9.17, 15) is 4.79 Å². The van der Waals surface area contributed by atoms with E-state index in [-0.39, 0.29) is 18.0 Å². The Bertz CT molecular complexity index is 402. The number of nitrogens with two attached hydrogens (primary N) is 1. The van der Waals surface area contributed by atoms with Crippen LogP contribution in [0.2, 0.25) is 0 Å². The third kappa shape index (κ3) is 2.38. The van der Waals surface area contributed by atoms with E-state index in [1.807, 2.05) is 4.90 Å². The Labute approximate surface area is 107 Å². The minimum absolute atomic E-state index is 0.0441. The summed E-state index contributed by atoms with van der Waals surface area (Å²) in [6, 6.07) is 4.35. The van der Waals surface area contributed by atoms with Gasteiger partial charge in [-0.25, -0.2) is 0 Å². The van der Waals surface area contributed by atoms with Crippen LogP contribution in [0.5, 0.6) is 0 Å². The summed E-state index contributed by atoms with van der Waals surface area (Å²) >= 11 is 1.79. The van der Waals surface area contributed by atoms with Gasteiger partial charge in [0.25, 0.3) is 0 Å². The molecule has 1 aromatic rings. The van der Waals surface area contributed by atoms with E-state index in [1.54, 1.807) is 11.3 Å². The standard InChI is InChI=1S/C13H20N2OS/c1-3-7-15-12(16)8-10(14)13(15)11-6-5-9(4-2)17-11/h5-6,10,13H,3-4,7-8,14H2,1-2H3. The van der Waals surface area contributed by atoms with Crippen LogP contribution < -0.4 is 5.73 Å². The van der Waals surface area contributed by atoms with Crippen molar-refractivity contribution in [1.29, 1.82) is 0 Å². The molecule has 1 aliphatic rings. The van der Waals surface area contributed by atoms with Crippen molar-refractivity contribution in [2.75, 3.05) is 6.54 Å². The molecule has 0 spiro atoms. The molecule has 2 atom stereocenters. The van der Waals surface area contributed by atoms with E-state index in [1.165, 1.54) is 9.75 Å². The second-order valence-corrected chi connectivity index (χ2v) is 5.76. The number of likely N-dealkylation sites (tertiary alicyclic amines) is 1. The summed E-state index contributed by atoms with van der Waals surface area (Å²) in [5.74, 6) is 0.204. The Balaban J connectivity index is 2.24. The van der Waals surface area contributed by atoms with Crippen LogP contribution in [-0.4, -0.2) is 23.4 Å². The number of carbonyl (C=O) groups excluding carboxylic acids is 1. The first-order chi connectivity index (χ1) is 8.17. The van der Waals surface area contributed by atoms with Gasteiger partial charge in [-0.3, -0.25) is 4.79 Å². The van der Waals surface area contributed by atoms with Gasteiger partial charge in [0.05, 0.1) is 6.04 Å². The number of thiophene rings is 1. The third-order valence-electron chi connectivity index (χ3n) is 3.26. The lowest BCUT2D eigenvalue weighted by atomic mass is 10.1. The number of hydrogen-bond acceptors (Lipinski definition) is 3. The molecule has 0 aliphatic carbocycles. The topological polar surface area (TPSA) is 46.3 Å². The van der Waals surface area contributed by atoms with Crippen LogP contribution in [0, 0.1) is 0 Å². The molecule has 0 aromatic carbocycles. The van der Waals surface area contributed by atoms with Gasteiger partial charge in [0.15, 0.2) is 0 Å². The van der Waals surface area contributed by atoms with Crippen molar-refractivity contribution in [3.8, 4) is 0 Å². The molecule has 1 aromatic heterocycles. The summed E-state index contributed by atoms with van der Waals surface area (Å²) in [4.78, 5) is 16.4. The van der Waals surface area contributed by atoms with Crippen molar-refractivity contribution in [2.24, 2.45) is 5.73 Å². The number of aryl methyl sites for hydroxylation is 1. The predicted octanol–water partition coefficient (Wildman–Crippen LogP) is 2.32. The summed E-state index contributed by atoms with van der Waals surface area (Å²) in [6.45, 7) is 5.07. The summed E-state index contributed by atoms with van der Waals surface area (Å²) in [5.41, 5.74) is 6.12. The van der Waals surface area contributed by atoms with Crippen LogP contribution >= 0.6 is 11.3 Å². The SMILES string of the molecule is CCCN1C(=O)CC(N)C1c1ccc(CC)s1. The molecule has 1 amide bonds. The minimum atomic E-state index is -0.0441. The number of hydrogen-bond donors (Lipinski definition) is 1. The Morgan fingerprint density at radius 3 is 2.82 bits per heavy atom. The molecule has 1 saturated heterocycles. The highest BCUT2D eigenvalue weighted by atomic mass is 32.1. The molecule has 0 bridgehead atoms. The minimum Gasteiger partial charge on any atom is -0.333 e. The van der Waals surface area contributed by atoms with Crippen molar-refractivity contribution in [1.82, 2.24) is 4.90 Å². The van der Waals surface area contributed by atoms with Crippen LogP contribution in [0.15, 0.2) is 12.1 Å². The van der Waals surface area contributed by atoms with Gasteiger partial charge in [0.2, 0.25) is 5.91 Å². The molecule has 17 heavy (non-hydrogen) atoms. The van der Waals surface area contributed by atoms with Gasteiger partial charge >= 0.3 is 0 Å². The van der Waals surface area contributed by atoms with Crippen molar-refractivity contribution >= 4 is 17.2 Å². The fourth-order valence-corrected chi connectivity index (χ4v) is 3.57. The van der Waals surface area contributed by atoms with Gasteiger partial charge in [0, 0.05) is 28.8 Å². The maximum absolute atomic E-state index is 11.9. The van der Waals surface area contributed by atoms with Crippen LogP contribution in [0.4, 0.5) is 0 Å². The fourth-order valence-electron chi connectivity index (χ4n) is 2.43. The van der Waals surface area contributed by atoms with E-state index < -0.39 is 0 Å². The maximum atomic E-state index is 11.9. The third-order valence-corrected chi connectivity index (χ3v) is 4.56. The maximum Gasteiger partial charge on any atom is 0.224 e. The van der Waals surface area contributed by atoms with Crippen LogP contribution in [0.3, 0.4) is 0 Å². The highest BCUT2D eigenvalue weighted by molar-refractivity contribution is 7.12. The Morgan fingerprint density at radius 1 is 1.47 bits per heavy atom. The number of nitrogens with zero attached hydrogens (tertiary/aromatic N) is 1. The van der Waals surface area contributed by atoms with Crippen molar-refractivity contribution < 1.29 is 4.79 Å². The van der Waals surface area contributed by atoms with Gasteiger partial charge < -0.3 is 10.6 Å². The van der Waals surface area contributed by atoms with Crippen LogP contribution in [0.1, 0.15) is 42.5 Å². The zero-order valence-electron chi connectivity index (χ0n) is 10.5. The summed E-state index contributed by atoms with van der Waals surface area (Å²) in [5, 5.41) is 0. The predicted molar refractivity (Wildman–Crippen MR) is 71.0 cm³/mol. The lowest BCUT2D eigenvalue weighted by Gasteiger charge is -2.25. The van der Waals surface area contributed by atoms with E-state index in [2.05, 4.69) is 26.0 Å². The molecule has 2 N–H and O–H groups in total. The zero-order chi connectivity index (χ0) is 12.4. The highest BCUT2D eigenvalue weighted by Gasteiger charge is 2.38. The second-order valence-electron chi connectivity index (χ2n) is 4.56. The second kappa shape index (κ2) is 5.19. The molecule has 1 fully saturated rings. The first-order valence-corrected chi connectivity index (χ1v) is 7.12. The molecular weight excluding hydrogens is 232 g/mol. The monoisotopic (exact) mass is 252 g/mol. The Kier molecular flexibility index (Phi) is 3.84. The molecule has 94 valence electrons. The summed E-state index contributed by atoms with van der Waals surface area (Å²) in [7, 11) is 0. The normalized spacial score (nSPS) is 24.6. The summed E-state index contributed by atoms with van der Waals surface area (Å²) < 4.78 is 0. The van der Waals surface area contributed by atoms with Gasteiger partial charge in [-0.05, 0) is 25.0 Å². The smallest absolute Gasteiger partial charge is 0.224 e. The van der Waals surface area contributed by atoms with Gasteiger partial charge in [0.1, 0.15) is 0 Å². The lowest BCUT2D eigenvalue weighted by Crippen LogP contribution is -2.33. The van der Waals surface area contributed by atoms with Crippen LogP contribution in [-0.2, 0) is 11.2 Å². The Morgan fingerprint density at radius 2 is 2.24 bits per heavy atom. The van der Waals surface area contributed by atoms with E-state index >= 15 is 0 Å². The molecule has 1 aliphatic heterocycles. The number of carbonyl (C=O) groups is 1. The molecule has 2 heterocycles. The number of rotatable bonds is 4. The largest absolute Gasteiger partial charge is 0.333 e. The first-order valence-electron chi connectivity index (χ1n) is 6.31. The van der Waals surface area contributed by atoms with Gasteiger partial charge in [-0.2, -0.15) is 0 Å². The van der Waals surface area contributed by atoms with E-state index in [0.717, 1.165) is 19.4 Å². The zero-order valence-corrected chi connectivity index (χ0v) is 11.3. The van der Waals surface area contributed by atoms with Gasteiger partial charge in [-0.15, -0.1) is 11.3 Å². The molecule has 0 radical (unpaired) electrons. The first kappa shape index (κ1) is 12.6. The molecule has 0 saturated carbocycles. The lowest BCUT2D eigenvalue weighted by molar-refractivity contribution is -0.129. The fraction of sp³-hybridized carbons (Fsp3) is 0.615. The van der Waals surface area contributed by atoms with Crippen molar-refractivity contribution in [2.45, 2.75) is 45.2 Å². The molecule has 2 unspecified atom stereocenters. The average Bonchev–Trinajstić information content (AvgIpc) is 2.85. The average molecular weight is 252 g/mol.